The number of hydrogen-bond donors (Lipinski definition) is 0. The second kappa shape index (κ2) is 34.9. The lowest BCUT2D eigenvalue weighted by Gasteiger charge is -2.32. The van der Waals surface area contributed by atoms with Gasteiger partial charge >= 0.3 is 0 Å². The Morgan fingerprint density at radius 1 is 0.126 bits per heavy atom. The van der Waals surface area contributed by atoms with Crippen LogP contribution in [-0.2, 0) is 0 Å². The van der Waals surface area contributed by atoms with Crippen molar-refractivity contribution < 1.29 is 0 Å². The summed E-state index contributed by atoms with van der Waals surface area (Å²) in [6, 6.07) is 169. The molecule has 23 aromatic rings. The number of aromatic nitrogens is 9. The first kappa shape index (κ1) is 80.0. The van der Waals surface area contributed by atoms with E-state index in [1.54, 1.807) is 0 Å². The highest BCUT2D eigenvalue weighted by molar-refractivity contribution is 6.16. The van der Waals surface area contributed by atoms with Gasteiger partial charge in [-0.15, -0.1) is 0 Å². The molecule has 12 nitrogen and oxygen atoms in total. The zero-order chi connectivity index (χ0) is 89.5. The summed E-state index contributed by atoms with van der Waals surface area (Å²) >= 11 is 0. The van der Waals surface area contributed by atoms with Gasteiger partial charge in [-0.2, -0.15) is 9.97 Å². The van der Waals surface area contributed by atoms with Gasteiger partial charge < -0.3 is 9.80 Å². The fraction of sp³-hybridized carbons (Fsp3) is 0. The minimum atomic E-state index is 0.573. The van der Waals surface area contributed by atoms with Crippen molar-refractivity contribution in [3.8, 4) is 158 Å². The second-order valence-corrected chi connectivity index (χ2v) is 33.4. The number of hydrogen-bond acceptors (Lipinski definition) is 12. The van der Waals surface area contributed by atoms with Crippen LogP contribution < -0.4 is 14.7 Å². The molecule has 20 aromatic carbocycles. The maximum atomic E-state index is 5.13. The molecule has 632 valence electrons. The Morgan fingerprint density at radius 3 is 0.585 bits per heavy atom. The molecule has 0 bridgehead atoms. The Bertz CT molecular complexity index is 8020. The molecule has 12 heteroatoms. The molecule has 0 saturated heterocycles. The van der Waals surface area contributed by atoms with E-state index in [1.165, 1.54) is 88.0 Å². The summed E-state index contributed by atoms with van der Waals surface area (Å²) in [6.45, 7) is 0. The number of para-hydroxylation sites is 6. The highest BCUT2D eigenvalue weighted by atomic mass is 15.3. The van der Waals surface area contributed by atoms with Gasteiger partial charge in [0.2, 0.25) is 5.95 Å². The number of benzene rings is 20. The van der Waals surface area contributed by atoms with Crippen molar-refractivity contribution in [1.29, 1.82) is 0 Å². The summed E-state index contributed by atoms with van der Waals surface area (Å²) in [6.07, 6.45) is 0. The molecule has 0 N–H and O–H groups in total. The van der Waals surface area contributed by atoms with Gasteiger partial charge in [-0.05, 0) is 138 Å². The molecule has 0 amide bonds. The maximum Gasteiger partial charge on any atom is 0.238 e. The lowest BCUT2D eigenvalue weighted by Crippen LogP contribution is -2.17. The number of anilines is 9. The van der Waals surface area contributed by atoms with Crippen LogP contribution in [0.3, 0.4) is 0 Å². The van der Waals surface area contributed by atoms with E-state index in [2.05, 4.69) is 318 Å². The van der Waals surface area contributed by atoms with Gasteiger partial charge in [0, 0.05) is 89.3 Å². The molecule has 26 rings (SSSR count). The molecule has 0 radical (unpaired) electrons. The molecule has 135 heavy (non-hydrogen) atoms. The fourth-order valence-corrected chi connectivity index (χ4v) is 19.2. The van der Waals surface area contributed by atoms with E-state index in [0.717, 1.165) is 101 Å². The van der Waals surface area contributed by atoms with Crippen molar-refractivity contribution in [3.63, 3.8) is 0 Å². The second-order valence-electron chi connectivity index (χ2n) is 33.4. The first-order chi connectivity index (χ1) is 67.0. The van der Waals surface area contributed by atoms with Crippen molar-refractivity contribution in [2.45, 2.75) is 0 Å². The van der Waals surface area contributed by atoms with E-state index in [0.29, 0.717) is 52.5 Å². The molecular formula is C123H80N12. The van der Waals surface area contributed by atoms with Gasteiger partial charge in [-0.1, -0.05) is 413 Å². The molecule has 0 spiro atoms. The van der Waals surface area contributed by atoms with E-state index in [9.17, 15) is 0 Å². The number of fused-ring (bicyclic) bond motifs is 12. The van der Waals surface area contributed by atoms with Gasteiger partial charge in [-0.25, -0.2) is 34.9 Å². The molecule has 0 unspecified atom stereocenters. The fourth-order valence-electron chi connectivity index (χ4n) is 19.2. The molecule has 3 aliphatic heterocycles. The standard InChI is InChI=1S/2C43H28N4.C37H24N4/c1-3-14-30(15-4-1)41-44-42(31-16-5-2-6-17-31)46-43(45-41)32-20-11-21-33(28-32)47-38-26-9-7-22-34(38)36-24-12-18-29-19-13-25-37(40(29)36)35-23-8-10-27-39(35)47;1-3-13-30(14-4-1)41-44-42(31-15-5-2-6-16-31)46-43(45-41)32-25-27-33(28-26-32)47-38-23-9-7-19-34(38)36-21-11-17-29-18-12-22-37(40(29)36)35-20-8-10-24-39(35)47;1-3-13-26(14-4-1)35-38-36(27-15-5-2-6-16-27)40-37(39-35)41-32-23-9-7-19-28(32)30-21-11-17-25-18-12-22-31(34(25)30)29-20-8-10-24-33(29)41/h2*1-28H;1-24H. The topological polar surface area (TPSA) is 126 Å². The van der Waals surface area contributed by atoms with Crippen LogP contribution in [0.25, 0.3) is 190 Å². The Hall–Kier alpha value is -18.4. The van der Waals surface area contributed by atoms with Crippen LogP contribution in [-0.4, -0.2) is 44.9 Å². The van der Waals surface area contributed by atoms with E-state index in [4.69, 9.17) is 44.9 Å². The van der Waals surface area contributed by atoms with Crippen molar-refractivity contribution >= 4 is 83.8 Å². The lowest BCUT2D eigenvalue weighted by atomic mass is 9.87. The predicted octanol–water partition coefficient (Wildman–Crippen LogP) is 31.8. The Morgan fingerprint density at radius 2 is 0.319 bits per heavy atom. The van der Waals surface area contributed by atoms with Crippen molar-refractivity contribution in [2.24, 2.45) is 0 Å². The van der Waals surface area contributed by atoms with Crippen LogP contribution in [0, 0.1) is 0 Å². The average molecular weight is 1730 g/mol. The Balaban J connectivity index is 0.000000111. The van der Waals surface area contributed by atoms with E-state index in [-0.39, 0.29) is 0 Å². The predicted molar refractivity (Wildman–Crippen MR) is 553 cm³/mol. The van der Waals surface area contributed by atoms with Crippen molar-refractivity contribution in [2.75, 3.05) is 14.7 Å². The zero-order valence-electron chi connectivity index (χ0n) is 73.1. The summed E-state index contributed by atoms with van der Waals surface area (Å²) < 4.78 is 0. The van der Waals surface area contributed by atoms with Crippen LogP contribution in [0.4, 0.5) is 51.4 Å². The third kappa shape index (κ3) is 15.0. The molecule has 0 aliphatic carbocycles. The first-order valence-electron chi connectivity index (χ1n) is 45.3. The number of nitrogens with zero attached hydrogens (tertiary/aromatic N) is 12. The lowest BCUT2D eigenvalue weighted by molar-refractivity contribution is 1.02. The molecular weight excluding hydrogens is 1650 g/mol. The summed E-state index contributed by atoms with van der Waals surface area (Å²) in [4.78, 5) is 51.9. The molecule has 3 aliphatic rings. The van der Waals surface area contributed by atoms with Gasteiger partial charge in [0.15, 0.2) is 46.6 Å². The van der Waals surface area contributed by atoms with Gasteiger partial charge in [0.25, 0.3) is 0 Å². The molecule has 0 fully saturated rings. The quantitative estimate of drug-likeness (QED) is 0.122. The van der Waals surface area contributed by atoms with Crippen LogP contribution in [0.15, 0.2) is 485 Å². The summed E-state index contributed by atoms with van der Waals surface area (Å²) in [5, 5.41) is 7.50. The largest absolute Gasteiger partial charge is 0.309 e. The highest BCUT2D eigenvalue weighted by Gasteiger charge is 2.32. The van der Waals surface area contributed by atoms with Crippen LogP contribution in [0.5, 0.6) is 0 Å². The molecule has 0 atom stereocenters. The van der Waals surface area contributed by atoms with E-state index in [1.807, 2.05) is 182 Å². The van der Waals surface area contributed by atoms with Crippen molar-refractivity contribution in [3.05, 3.63) is 485 Å². The van der Waals surface area contributed by atoms with Crippen molar-refractivity contribution in [1.82, 2.24) is 44.9 Å². The minimum Gasteiger partial charge on any atom is -0.309 e. The monoisotopic (exact) mass is 1720 g/mol. The molecule has 3 aromatic heterocycles. The third-order valence-corrected chi connectivity index (χ3v) is 25.4. The molecule has 6 heterocycles. The van der Waals surface area contributed by atoms with Gasteiger partial charge in [0.1, 0.15) is 0 Å². The Labute approximate surface area is 781 Å². The Kier molecular flexibility index (Phi) is 20.7. The zero-order valence-corrected chi connectivity index (χ0v) is 73.1. The van der Waals surface area contributed by atoms with Crippen LogP contribution in [0.1, 0.15) is 0 Å². The van der Waals surface area contributed by atoms with E-state index >= 15 is 0 Å². The third-order valence-electron chi connectivity index (χ3n) is 25.4. The smallest absolute Gasteiger partial charge is 0.238 e. The van der Waals surface area contributed by atoms with Gasteiger partial charge in [-0.3, -0.25) is 4.90 Å². The van der Waals surface area contributed by atoms with Crippen LogP contribution >= 0.6 is 0 Å². The SMILES string of the molecule is c1ccc(-c2nc(-c3ccccc3)nc(-c3ccc(N4c5ccccc5-c5cccc6cccc(c56)-c5ccccc54)cc3)n2)cc1.c1ccc(-c2nc(-c3ccccc3)nc(-c3cccc(N4c5ccccc5-c5cccc6cccc(c56)-c5ccccc54)c3)n2)cc1.c1ccc(-c2nc(-c3ccccc3)nc(N3c4ccccc4-c4cccc5cccc(c45)-c4ccccc43)n2)cc1. The minimum absolute atomic E-state index is 0.573. The van der Waals surface area contributed by atoms with Crippen LogP contribution in [0.2, 0.25) is 0 Å². The maximum absolute atomic E-state index is 5.13. The normalized spacial score (nSPS) is 11.8. The van der Waals surface area contributed by atoms with E-state index < -0.39 is 0 Å². The average Bonchev–Trinajstić information content (AvgIpc) is 0.738. The summed E-state index contributed by atoms with van der Waals surface area (Å²) in [5.41, 5.74) is 30.4. The first-order valence-corrected chi connectivity index (χ1v) is 45.3. The highest BCUT2D eigenvalue weighted by Crippen LogP contribution is 2.55. The molecule has 0 saturated carbocycles. The summed E-state index contributed by atoms with van der Waals surface area (Å²) in [5.74, 6) is 5.70. The summed E-state index contributed by atoms with van der Waals surface area (Å²) in [7, 11) is 0. The number of rotatable bonds is 11. The van der Waals surface area contributed by atoms with Gasteiger partial charge in [0.05, 0.1) is 34.1 Å².